The predicted molar refractivity (Wildman–Crippen MR) is 124 cm³/mol. The summed E-state index contributed by atoms with van der Waals surface area (Å²) < 4.78 is 33.5. The fourth-order valence-corrected chi connectivity index (χ4v) is 3.54. The van der Waals surface area contributed by atoms with Gasteiger partial charge in [0.2, 0.25) is 0 Å². The lowest BCUT2D eigenvalue weighted by atomic mass is 10.2. The molecule has 0 aliphatic carbocycles. The summed E-state index contributed by atoms with van der Waals surface area (Å²) in [6, 6.07) is 13.6. The number of nitrogens with zero attached hydrogens (tertiary/aromatic N) is 5. The number of aryl methyl sites for hydroxylation is 1. The zero-order valence-electron chi connectivity index (χ0n) is 19.4. The number of aliphatic carboxylic acids is 1. The third kappa shape index (κ3) is 6.76. The van der Waals surface area contributed by atoms with Crippen LogP contribution in [0.5, 0.6) is 0 Å². The van der Waals surface area contributed by atoms with Gasteiger partial charge in [-0.25, -0.2) is 14.5 Å². The quantitative estimate of drug-likeness (QED) is 0.564. The Balaban J connectivity index is 0.000000429. The maximum atomic E-state index is 12.9. The Bertz CT molecular complexity index is 1160. The molecule has 2 aromatic heterocycles. The maximum Gasteiger partial charge on any atom is 0.490 e. The van der Waals surface area contributed by atoms with Gasteiger partial charge < -0.3 is 15.3 Å². The molecule has 3 heterocycles. The van der Waals surface area contributed by atoms with E-state index in [-0.39, 0.29) is 5.91 Å². The van der Waals surface area contributed by atoms with Gasteiger partial charge in [-0.1, -0.05) is 18.2 Å². The Hall–Kier alpha value is -3.51. The van der Waals surface area contributed by atoms with Crippen molar-refractivity contribution in [1.29, 1.82) is 0 Å². The molecule has 9 nitrogen and oxygen atoms in total. The van der Waals surface area contributed by atoms with E-state index in [0.717, 1.165) is 49.5 Å². The van der Waals surface area contributed by atoms with Crippen LogP contribution in [0.25, 0.3) is 16.7 Å². The van der Waals surface area contributed by atoms with Gasteiger partial charge >= 0.3 is 12.1 Å². The first-order valence-electron chi connectivity index (χ1n) is 11.0. The smallest absolute Gasteiger partial charge is 0.475 e. The number of fused-ring (bicyclic) bond motifs is 1. The second-order valence-corrected chi connectivity index (χ2v) is 8.02. The number of amides is 1. The van der Waals surface area contributed by atoms with E-state index < -0.39 is 12.1 Å². The van der Waals surface area contributed by atoms with Gasteiger partial charge in [0.15, 0.2) is 5.65 Å². The average Bonchev–Trinajstić information content (AvgIpc) is 3.18. The molecule has 35 heavy (non-hydrogen) atoms. The van der Waals surface area contributed by atoms with E-state index in [0.29, 0.717) is 17.9 Å². The monoisotopic (exact) mass is 492 g/mol. The van der Waals surface area contributed by atoms with Crippen molar-refractivity contribution in [2.75, 3.05) is 46.3 Å². The fourth-order valence-electron chi connectivity index (χ4n) is 3.54. The first-order valence-corrected chi connectivity index (χ1v) is 11.0. The molecule has 0 saturated carbocycles. The number of carbonyl (C=O) groups excluding carboxylic acids is 1. The van der Waals surface area contributed by atoms with Crippen LogP contribution in [-0.2, 0) is 4.79 Å². The minimum absolute atomic E-state index is 0.0597. The van der Waals surface area contributed by atoms with Crippen LogP contribution < -0.4 is 5.32 Å². The number of carboxylic acid groups (broad SMARTS) is 1. The highest BCUT2D eigenvalue weighted by molar-refractivity contribution is 5.94. The number of nitrogens with one attached hydrogen (secondary N) is 1. The molecule has 0 atom stereocenters. The Kier molecular flexibility index (Phi) is 8.41. The zero-order chi connectivity index (χ0) is 25.6. The second-order valence-electron chi connectivity index (χ2n) is 8.02. The lowest BCUT2D eigenvalue weighted by molar-refractivity contribution is -0.192. The van der Waals surface area contributed by atoms with Crippen molar-refractivity contribution >= 4 is 22.9 Å². The fraction of sp³-hybridized carbons (Fsp3) is 0.391. The molecule has 0 bridgehead atoms. The minimum Gasteiger partial charge on any atom is -0.475 e. The van der Waals surface area contributed by atoms with Crippen LogP contribution >= 0.6 is 0 Å². The number of para-hydroxylation sites is 1. The summed E-state index contributed by atoms with van der Waals surface area (Å²) >= 11 is 0. The SMILES string of the molecule is Cc1nn(-c2ccccc2)c2nc(C(=O)N(C)CCN3CCNCC3)ccc12.O=C(O)C(F)(F)F. The van der Waals surface area contributed by atoms with Crippen LogP contribution in [0.2, 0.25) is 0 Å². The number of alkyl halides is 3. The second kappa shape index (κ2) is 11.3. The number of hydrogen-bond donors (Lipinski definition) is 2. The van der Waals surface area contributed by atoms with Crippen LogP contribution in [0.3, 0.4) is 0 Å². The summed E-state index contributed by atoms with van der Waals surface area (Å²) in [7, 11) is 1.84. The minimum atomic E-state index is -5.08. The number of hydrogen-bond acceptors (Lipinski definition) is 6. The normalized spacial score (nSPS) is 14.3. The van der Waals surface area contributed by atoms with E-state index in [1.54, 1.807) is 11.0 Å². The Morgan fingerprint density at radius 2 is 1.74 bits per heavy atom. The molecule has 1 aliphatic heterocycles. The van der Waals surface area contributed by atoms with Crippen molar-refractivity contribution in [3.8, 4) is 5.69 Å². The molecule has 0 radical (unpaired) electrons. The van der Waals surface area contributed by atoms with E-state index in [1.807, 2.05) is 55.1 Å². The molecule has 1 aliphatic rings. The maximum absolute atomic E-state index is 12.9. The van der Waals surface area contributed by atoms with Gasteiger partial charge in [0.25, 0.3) is 5.91 Å². The van der Waals surface area contributed by atoms with E-state index in [2.05, 4.69) is 20.3 Å². The first-order chi connectivity index (χ1) is 16.6. The molecule has 188 valence electrons. The van der Waals surface area contributed by atoms with Gasteiger partial charge in [0.05, 0.1) is 11.4 Å². The van der Waals surface area contributed by atoms with E-state index in [1.165, 1.54) is 0 Å². The number of benzene rings is 1. The summed E-state index contributed by atoms with van der Waals surface area (Å²) in [6.45, 7) is 7.62. The van der Waals surface area contributed by atoms with Crippen LogP contribution in [-0.4, -0.2) is 94.0 Å². The predicted octanol–water partition coefficient (Wildman–Crippen LogP) is 2.34. The number of carboxylic acids is 1. The van der Waals surface area contributed by atoms with Crippen molar-refractivity contribution in [2.45, 2.75) is 13.1 Å². The standard InChI is InChI=1S/C21H26N6O.C2HF3O2/c1-16-18-8-9-19(21(28)25(2)14-15-26-12-10-22-11-13-26)23-20(18)27(24-16)17-6-4-3-5-7-17;3-2(4,5)1(6)7/h3-9,22H,10-15H2,1-2H3;(H,6,7). The highest BCUT2D eigenvalue weighted by Crippen LogP contribution is 2.21. The molecular formula is C23H27F3N6O3. The Morgan fingerprint density at radius 1 is 1.11 bits per heavy atom. The summed E-state index contributed by atoms with van der Waals surface area (Å²) in [4.78, 5) is 30.6. The molecular weight excluding hydrogens is 465 g/mol. The van der Waals surface area contributed by atoms with Crippen molar-refractivity contribution in [3.05, 3.63) is 53.9 Å². The molecule has 2 N–H and O–H groups in total. The van der Waals surface area contributed by atoms with E-state index in [4.69, 9.17) is 9.90 Å². The summed E-state index contributed by atoms with van der Waals surface area (Å²) in [5, 5.41) is 16.1. The molecule has 0 unspecified atom stereocenters. The van der Waals surface area contributed by atoms with Gasteiger partial charge in [-0.15, -0.1) is 0 Å². The number of pyridine rings is 1. The number of piperazine rings is 1. The van der Waals surface area contributed by atoms with E-state index >= 15 is 0 Å². The largest absolute Gasteiger partial charge is 0.490 e. The van der Waals surface area contributed by atoms with E-state index in [9.17, 15) is 18.0 Å². The Morgan fingerprint density at radius 3 is 2.34 bits per heavy atom. The lowest BCUT2D eigenvalue weighted by Crippen LogP contribution is -2.46. The number of rotatable bonds is 5. The van der Waals surface area contributed by atoms with Crippen molar-refractivity contribution in [3.63, 3.8) is 0 Å². The summed E-state index contributed by atoms with van der Waals surface area (Å²) in [5.74, 6) is -2.82. The lowest BCUT2D eigenvalue weighted by Gasteiger charge is -2.29. The third-order valence-corrected chi connectivity index (χ3v) is 5.49. The number of aromatic nitrogens is 3. The highest BCUT2D eigenvalue weighted by atomic mass is 19.4. The van der Waals surface area contributed by atoms with Crippen LogP contribution in [0.15, 0.2) is 42.5 Å². The molecule has 4 rings (SSSR count). The summed E-state index contributed by atoms with van der Waals surface area (Å²) in [5.41, 5.74) is 3.00. The third-order valence-electron chi connectivity index (χ3n) is 5.49. The van der Waals surface area contributed by atoms with Crippen LogP contribution in [0.4, 0.5) is 13.2 Å². The number of likely N-dealkylation sites (N-methyl/N-ethyl adjacent to an activating group) is 1. The molecule has 12 heteroatoms. The number of halogens is 3. The topological polar surface area (TPSA) is 104 Å². The van der Waals surface area contributed by atoms with Gasteiger partial charge in [-0.3, -0.25) is 9.69 Å². The van der Waals surface area contributed by atoms with Gasteiger partial charge in [-0.05, 0) is 31.2 Å². The first kappa shape index (κ1) is 26.1. The van der Waals surface area contributed by atoms with Gasteiger partial charge in [-0.2, -0.15) is 18.3 Å². The van der Waals surface area contributed by atoms with Gasteiger partial charge in [0.1, 0.15) is 5.69 Å². The molecule has 0 spiro atoms. The van der Waals surface area contributed by atoms with Crippen molar-refractivity contribution < 1.29 is 27.9 Å². The van der Waals surface area contributed by atoms with Crippen LogP contribution in [0, 0.1) is 6.92 Å². The molecule has 1 fully saturated rings. The zero-order valence-corrected chi connectivity index (χ0v) is 19.4. The van der Waals surface area contributed by atoms with Crippen molar-refractivity contribution in [2.24, 2.45) is 0 Å². The molecule has 1 aromatic carbocycles. The average molecular weight is 493 g/mol. The highest BCUT2D eigenvalue weighted by Gasteiger charge is 2.38. The molecule has 1 amide bonds. The van der Waals surface area contributed by atoms with Crippen LogP contribution in [0.1, 0.15) is 16.2 Å². The molecule has 1 saturated heterocycles. The Labute approximate surface area is 200 Å². The summed E-state index contributed by atoms with van der Waals surface area (Å²) in [6.07, 6.45) is -5.08. The number of carbonyl (C=O) groups is 2. The van der Waals surface area contributed by atoms with Crippen molar-refractivity contribution in [1.82, 2.24) is 29.9 Å². The van der Waals surface area contributed by atoms with Gasteiger partial charge in [0, 0.05) is 51.7 Å². The molecule has 3 aromatic rings.